The molecule has 0 aliphatic rings. The molecule has 0 spiro atoms. The highest BCUT2D eigenvalue weighted by atomic mass is 32.2. The maximum Gasteiger partial charge on any atom is 0.251 e. The number of rotatable bonds is 5. The number of primary sulfonamides is 1. The van der Waals surface area contributed by atoms with Gasteiger partial charge >= 0.3 is 0 Å². The summed E-state index contributed by atoms with van der Waals surface area (Å²) >= 11 is 0. The number of carbonyl (C=O) groups excluding carboxylic acids is 1. The Morgan fingerprint density at radius 3 is 2.50 bits per heavy atom. The molecular weight excluding hydrogens is 283 g/mol. The number of hydrogen-bond acceptors (Lipinski definition) is 3. The lowest BCUT2D eigenvalue weighted by atomic mass is 10.1. The van der Waals surface area contributed by atoms with Gasteiger partial charge in [-0.05, 0) is 31.4 Å². The summed E-state index contributed by atoms with van der Waals surface area (Å²) in [5.41, 5.74) is -0.146. The first kappa shape index (κ1) is 16.6. The molecule has 0 heterocycles. The SMILES string of the molecule is Cc1c(F)cc(C(=O)NCCC(C)C)cc1S(N)(=O)=O. The van der Waals surface area contributed by atoms with Crippen LogP contribution >= 0.6 is 0 Å². The van der Waals surface area contributed by atoms with Gasteiger partial charge < -0.3 is 5.32 Å². The number of amides is 1. The van der Waals surface area contributed by atoms with Crippen LogP contribution in [0.3, 0.4) is 0 Å². The Labute approximate surface area is 118 Å². The Bertz CT molecular complexity index is 612. The fraction of sp³-hybridized carbons (Fsp3) is 0.462. The zero-order chi connectivity index (χ0) is 15.5. The number of halogens is 1. The van der Waals surface area contributed by atoms with Crippen molar-refractivity contribution in [1.82, 2.24) is 5.32 Å². The molecule has 0 fully saturated rings. The first-order chi connectivity index (χ1) is 9.12. The lowest BCUT2D eigenvalue weighted by molar-refractivity contribution is 0.0951. The van der Waals surface area contributed by atoms with Gasteiger partial charge in [0.1, 0.15) is 5.82 Å². The smallest absolute Gasteiger partial charge is 0.251 e. The third-order valence-electron chi connectivity index (χ3n) is 2.87. The topological polar surface area (TPSA) is 89.3 Å². The van der Waals surface area contributed by atoms with E-state index in [-0.39, 0.29) is 16.0 Å². The summed E-state index contributed by atoms with van der Waals surface area (Å²) in [5.74, 6) is -0.870. The van der Waals surface area contributed by atoms with E-state index in [9.17, 15) is 17.6 Å². The van der Waals surface area contributed by atoms with Crippen LogP contribution in [0.4, 0.5) is 4.39 Å². The Balaban J connectivity index is 3.03. The second-order valence-electron chi connectivity index (χ2n) is 5.06. The van der Waals surface area contributed by atoms with Gasteiger partial charge in [-0.1, -0.05) is 13.8 Å². The highest BCUT2D eigenvalue weighted by molar-refractivity contribution is 7.89. The molecule has 0 aromatic heterocycles. The van der Waals surface area contributed by atoms with Crippen LogP contribution in [0, 0.1) is 18.7 Å². The van der Waals surface area contributed by atoms with Crippen LogP contribution in [0.1, 0.15) is 36.2 Å². The van der Waals surface area contributed by atoms with Gasteiger partial charge in [-0.2, -0.15) is 0 Å². The van der Waals surface area contributed by atoms with Gasteiger partial charge in [0, 0.05) is 17.7 Å². The fourth-order valence-electron chi connectivity index (χ4n) is 1.66. The summed E-state index contributed by atoms with van der Waals surface area (Å²) in [7, 11) is -4.07. The molecule has 0 saturated heterocycles. The Kier molecular flexibility index (Phi) is 5.24. The first-order valence-corrected chi connectivity index (χ1v) is 7.78. The third kappa shape index (κ3) is 4.28. The lowest BCUT2D eigenvalue weighted by Gasteiger charge is -2.10. The third-order valence-corrected chi connectivity index (χ3v) is 3.91. The summed E-state index contributed by atoms with van der Waals surface area (Å²) in [6.45, 7) is 5.76. The van der Waals surface area contributed by atoms with Gasteiger partial charge in [0.15, 0.2) is 0 Å². The van der Waals surface area contributed by atoms with Crippen molar-refractivity contribution in [2.45, 2.75) is 32.1 Å². The number of sulfonamides is 1. The average Bonchev–Trinajstić information content (AvgIpc) is 2.30. The molecule has 0 aliphatic carbocycles. The molecule has 1 aromatic carbocycles. The van der Waals surface area contributed by atoms with E-state index in [4.69, 9.17) is 5.14 Å². The van der Waals surface area contributed by atoms with Gasteiger partial charge in [-0.3, -0.25) is 4.79 Å². The standard InChI is InChI=1S/C13H19FN2O3S/c1-8(2)4-5-16-13(17)10-6-11(14)9(3)12(7-10)20(15,18)19/h6-8H,4-5H2,1-3H3,(H,16,17)(H2,15,18,19). The van der Waals surface area contributed by atoms with Crippen molar-refractivity contribution in [3.63, 3.8) is 0 Å². The van der Waals surface area contributed by atoms with Crippen molar-refractivity contribution in [3.05, 3.63) is 29.1 Å². The number of nitrogens with two attached hydrogens (primary N) is 1. The molecule has 0 atom stereocenters. The van der Waals surface area contributed by atoms with Crippen molar-refractivity contribution in [1.29, 1.82) is 0 Å². The molecule has 0 unspecified atom stereocenters. The van der Waals surface area contributed by atoms with Gasteiger partial charge in [-0.25, -0.2) is 17.9 Å². The van der Waals surface area contributed by atoms with Gasteiger partial charge in [-0.15, -0.1) is 0 Å². The zero-order valence-corrected chi connectivity index (χ0v) is 12.6. The maximum atomic E-state index is 13.7. The minimum absolute atomic E-state index is 0.0547. The van der Waals surface area contributed by atoms with E-state index in [1.54, 1.807) is 0 Å². The number of carbonyl (C=O) groups is 1. The first-order valence-electron chi connectivity index (χ1n) is 6.24. The minimum Gasteiger partial charge on any atom is -0.352 e. The van der Waals surface area contributed by atoms with Crippen LogP contribution < -0.4 is 10.5 Å². The molecule has 0 saturated carbocycles. The highest BCUT2D eigenvalue weighted by Gasteiger charge is 2.18. The van der Waals surface area contributed by atoms with E-state index in [0.29, 0.717) is 12.5 Å². The lowest BCUT2D eigenvalue weighted by Crippen LogP contribution is -2.26. The van der Waals surface area contributed by atoms with Crippen LogP contribution in [-0.4, -0.2) is 20.9 Å². The molecule has 0 aliphatic heterocycles. The summed E-state index contributed by atoms with van der Waals surface area (Å²) < 4.78 is 36.4. The molecule has 7 heteroatoms. The predicted octanol–water partition coefficient (Wildman–Crippen LogP) is 1.56. The van der Waals surface area contributed by atoms with Crippen molar-refractivity contribution < 1.29 is 17.6 Å². The largest absolute Gasteiger partial charge is 0.352 e. The minimum atomic E-state index is -4.07. The Morgan fingerprint density at radius 1 is 1.40 bits per heavy atom. The summed E-state index contributed by atoms with van der Waals surface area (Å²) in [5, 5.41) is 7.62. The number of benzene rings is 1. The van der Waals surface area contributed by atoms with Crippen molar-refractivity contribution in [3.8, 4) is 0 Å². The second-order valence-corrected chi connectivity index (χ2v) is 6.59. The maximum absolute atomic E-state index is 13.7. The molecule has 3 N–H and O–H groups in total. The van der Waals surface area contributed by atoms with Crippen LogP contribution in [-0.2, 0) is 10.0 Å². The van der Waals surface area contributed by atoms with Crippen molar-refractivity contribution >= 4 is 15.9 Å². The predicted molar refractivity (Wildman–Crippen MR) is 74.3 cm³/mol. The van der Waals surface area contributed by atoms with E-state index in [1.807, 2.05) is 13.8 Å². The summed E-state index contributed by atoms with van der Waals surface area (Å²) in [4.78, 5) is 11.5. The number of nitrogens with one attached hydrogen (secondary N) is 1. The van der Waals surface area contributed by atoms with E-state index < -0.39 is 21.7 Å². The van der Waals surface area contributed by atoms with Crippen molar-refractivity contribution in [2.24, 2.45) is 11.1 Å². The normalized spacial score (nSPS) is 11.7. The quantitative estimate of drug-likeness (QED) is 0.865. The number of hydrogen-bond donors (Lipinski definition) is 2. The Morgan fingerprint density at radius 2 is 2.00 bits per heavy atom. The van der Waals surface area contributed by atoms with Gasteiger partial charge in [0.05, 0.1) is 4.90 Å². The zero-order valence-electron chi connectivity index (χ0n) is 11.7. The van der Waals surface area contributed by atoms with E-state index in [2.05, 4.69) is 5.32 Å². The van der Waals surface area contributed by atoms with E-state index >= 15 is 0 Å². The van der Waals surface area contributed by atoms with Crippen LogP contribution in [0.5, 0.6) is 0 Å². The molecule has 5 nitrogen and oxygen atoms in total. The summed E-state index contributed by atoms with van der Waals surface area (Å²) in [6, 6.07) is 2.10. The molecular formula is C13H19FN2O3S. The molecule has 112 valence electrons. The van der Waals surface area contributed by atoms with Crippen LogP contribution in [0.25, 0.3) is 0 Å². The molecule has 1 aromatic rings. The molecule has 0 radical (unpaired) electrons. The Hall–Kier alpha value is -1.47. The average molecular weight is 302 g/mol. The van der Waals surface area contributed by atoms with Crippen LogP contribution in [0.15, 0.2) is 17.0 Å². The molecule has 1 amide bonds. The summed E-state index contributed by atoms with van der Waals surface area (Å²) in [6.07, 6.45) is 0.780. The second kappa shape index (κ2) is 6.32. The highest BCUT2D eigenvalue weighted by Crippen LogP contribution is 2.19. The van der Waals surface area contributed by atoms with Gasteiger partial charge in [0.2, 0.25) is 10.0 Å². The van der Waals surface area contributed by atoms with Gasteiger partial charge in [0.25, 0.3) is 5.91 Å². The molecule has 20 heavy (non-hydrogen) atoms. The van der Waals surface area contributed by atoms with E-state index in [1.165, 1.54) is 6.92 Å². The van der Waals surface area contributed by atoms with Crippen LogP contribution in [0.2, 0.25) is 0 Å². The van der Waals surface area contributed by atoms with Crippen molar-refractivity contribution in [2.75, 3.05) is 6.54 Å². The fourth-order valence-corrected chi connectivity index (χ4v) is 2.47. The van der Waals surface area contributed by atoms with E-state index in [0.717, 1.165) is 18.6 Å². The molecule has 0 bridgehead atoms. The monoisotopic (exact) mass is 302 g/mol. The molecule has 1 rings (SSSR count).